The van der Waals surface area contributed by atoms with Crippen LogP contribution >= 0.6 is 22.7 Å². The normalized spacial score (nSPS) is 11.3. The molecule has 0 saturated carbocycles. The van der Waals surface area contributed by atoms with Crippen molar-refractivity contribution in [2.45, 2.75) is 6.92 Å². The van der Waals surface area contributed by atoms with Crippen LogP contribution in [-0.4, -0.2) is 35.7 Å². The number of carbonyl (C=O) groups is 1. The highest BCUT2D eigenvalue weighted by Gasteiger charge is 2.23. The van der Waals surface area contributed by atoms with Gasteiger partial charge in [-0.25, -0.2) is 4.98 Å². The fraction of sp³-hybridized carbons (Fsp3) is 0.115. The van der Waals surface area contributed by atoms with Crippen molar-refractivity contribution < 1.29 is 19.2 Å². The smallest absolute Gasteiger partial charge is 0.290 e. The number of thiophene rings is 1. The zero-order valence-corrected chi connectivity index (χ0v) is 21.4. The molecule has 186 valence electrons. The van der Waals surface area contributed by atoms with Gasteiger partial charge in [0.25, 0.3) is 11.6 Å². The number of methoxy groups -OCH3 is 1. The van der Waals surface area contributed by atoms with Crippen LogP contribution in [0, 0.1) is 10.1 Å². The summed E-state index contributed by atoms with van der Waals surface area (Å²) < 4.78 is 12.4. The van der Waals surface area contributed by atoms with Crippen LogP contribution in [0.25, 0.3) is 20.3 Å². The lowest BCUT2D eigenvalue weighted by Gasteiger charge is -2.12. The number of amides is 1. The van der Waals surface area contributed by atoms with Gasteiger partial charge in [0.15, 0.2) is 0 Å². The number of hydrogen-bond donors (Lipinski definition) is 0. The molecule has 2 heterocycles. The lowest BCUT2D eigenvalue weighted by molar-refractivity contribution is -0.384. The summed E-state index contributed by atoms with van der Waals surface area (Å²) in [7, 11) is 1.59. The second kappa shape index (κ2) is 10.3. The lowest BCUT2D eigenvalue weighted by atomic mass is 10.2. The van der Waals surface area contributed by atoms with Gasteiger partial charge in [-0.2, -0.15) is 10.1 Å². The maximum absolute atomic E-state index is 13.7. The summed E-state index contributed by atoms with van der Waals surface area (Å²) in [6.07, 6.45) is 1.58. The van der Waals surface area contributed by atoms with Gasteiger partial charge in [0, 0.05) is 22.2 Å². The van der Waals surface area contributed by atoms with Crippen molar-refractivity contribution in [2.24, 2.45) is 5.10 Å². The Bertz CT molecular complexity index is 1640. The minimum atomic E-state index is -0.457. The van der Waals surface area contributed by atoms with Crippen molar-refractivity contribution >= 4 is 65.9 Å². The van der Waals surface area contributed by atoms with Crippen LogP contribution in [0.1, 0.15) is 22.2 Å². The number of aromatic nitrogens is 1. The number of ether oxygens (including phenoxy) is 2. The van der Waals surface area contributed by atoms with E-state index in [-0.39, 0.29) is 5.69 Å². The molecule has 0 spiro atoms. The van der Waals surface area contributed by atoms with E-state index in [1.807, 2.05) is 43.3 Å². The van der Waals surface area contributed by atoms with Gasteiger partial charge in [-0.3, -0.25) is 14.9 Å². The van der Waals surface area contributed by atoms with Crippen LogP contribution in [0.3, 0.4) is 0 Å². The number of thiazole rings is 1. The maximum Gasteiger partial charge on any atom is 0.290 e. The monoisotopic (exact) mass is 532 g/mol. The first-order chi connectivity index (χ1) is 17.9. The predicted octanol–water partition coefficient (Wildman–Crippen LogP) is 6.51. The van der Waals surface area contributed by atoms with Gasteiger partial charge >= 0.3 is 0 Å². The van der Waals surface area contributed by atoms with E-state index in [4.69, 9.17) is 9.47 Å². The summed E-state index contributed by atoms with van der Waals surface area (Å²) in [6, 6.07) is 19.0. The lowest BCUT2D eigenvalue weighted by Crippen LogP contribution is -2.24. The first kappa shape index (κ1) is 24.3. The molecule has 11 heteroatoms. The van der Waals surface area contributed by atoms with E-state index in [1.54, 1.807) is 31.5 Å². The number of carbonyl (C=O) groups excluding carboxylic acids is 1. The van der Waals surface area contributed by atoms with Crippen LogP contribution in [0.4, 0.5) is 10.8 Å². The van der Waals surface area contributed by atoms with Crippen molar-refractivity contribution in [3.63, 3.8) is 0 Å². The van der Waals surface area contributed by atoms with Crippen molar-refractivity contribution in [1.29, 1.82) is 0 Å². The number of non-ortho nitro benzene ring substituents is 1. The van der Waals surface area contributed by atoms with Gasteiger partial charge < -0.3 is 9.47 Å². The number of rotatable bonds is 8. The minimum absolute atomic E-state index is 0.0326. The average Bonchev–Trinajstić information content (AvgIpc) is 3.53. The van der Waals surface area contributed by atoms with E-state index in [0.717, 1.165) is 20.7 Å². The highest BCUT2D eigenvalue weighted by Crippen LogP contribution is 2.35. The summed E-state index contributed by atoms with van der Waals surface area (Å²) in [5, 5.41) is 17.9. The van der Waals surface area contributed by atoms with E-state index < -0.39 is 10.8 Å². The number of benzene rings is 3. The Morgan fingerprint density at radius 2 is 1.84 bits per heavy atom. The van der Waals surface area contributed by atoms with Crippen LogP contribution in [0.2, 0.25) is 0 Å². The van der Waals surface area contributed by atoms with E-state index in [0.29, 0.717) is 33.3 Å². The molecule has 0 aliphatic heterocycles. The summed E-state index contributed by atoms with van der Waals surface area (Å²) in [5.41, 5.74) is 1.45. The van der Waals surface area contributed by atoms with Crippen molar-refractivity contribution in [3.05, 3.63) is 87.3 Å². The topological polar surface area (TPSA) is 107 Å². The maximum atomic E-state index is 13.7. The number of hydrazone groups is 1. The van der Waals surface area contributed by atoms with Crippen LogP contribution < -0.4 is 14.5 Å². The Kier molecular flexibility index (Phi) is 6.80. The number of anilines is 1. The third-order valence-electron chi connectivity index (χ3n) is 5.39. The van der Waals surface area contributed by atoms with Crippen LogP contribution in [0.5, 0.6) is 11.5 Å². The predicted molar refractivity (Wildman–Crippen MR) is 147 cm³/mol. The number of nitro benzene ring substituents is 1. The minimum Gasteiger partial charge on any atom is -0.497 e. The first-order valence-corrected chi connectivity index (χ1v) is 12.8. The second-order valence-corrected chi connectivity index (χ2v) is 9.88. The number of nitro groups is 1. The summed E-state index contributed by atoms with van der Waals surface area (Å²) >= 11 is 2.55. The standard InChI is InChI=1S/C26H20N4O5S2/c1-3-35-19-7-4-16(5-8-19)15-27-29(26-28-21-10-9-20(34-2)14-23(21)37-26)25(31)24-13-17-12-18(30(32)33)6-11-22(17)36-24/h4-15H,3H2,1-2H3/b27-15+. The van der Waals surface area contributed by atoms with Crippen LogP contribution in [-0.2, 0) is 0 Å². The van der Waals surface area contributed by atoms with Gasteiger partial charge in [0.2, 0.25) is 5.13 Å². The summed E-state index contributed by atoms with van der Waals surface area (Å²) in [4.78, 5) is 29.4. The second-order valence-electron chi connectivity index (χ2n) is 7.78. The highest BCUT2D eigenvalue weighted by atomic mass is 32.1. The van der Waals surface area contributed by atoms with Crippen molar-refractivity contribution in [3.8, 4) is 11.5 Å². The number of fused-ring (bicyclic) bond motifs is 2. The molecule has 0 N–H and O–H groups in total. The average molecular weight is 533 g/mol. The molecule has 3 aromatic carbocycles. The fourth-order valence-electron chi connectivity index (χ4n) is 3.59. The van der Waals surface area contributed by atoms with E-state index in [2.05, 4.69) is 10.1 Å². The molecule has 5 rings (SSSR count). The molecule has 0 aliphatic rings. The zero-order valence-electron chi connectivity index (χ0n) is 19.8. The molecular formula is C26H20N4O5S2. The quantitative estimate of drug-likeness (QED) is 0.128. The van der Waals surface area contributed by atoms with Gasteiger partial charge in [0.05, 0.1) is 39.9 Å². The molecular weight excluding hydrogens is 512 g/mol. The molecule has 1 amide bonds. The molecule has 0 unspecified atom stereocenters. The molecule has 2 aromatic heterocycles. The molecule has 0 saturated heterocycles. The Hall–Kier alpha value is -4.35. The third kappa shape index (κ3) is 5.13. The van der Waals surface area contributed by atoms with Gasteiger partial charge in [-0.15, -0.1) is 11.3 Å². The summed E-state index contributed by atoms with van der Waals surface area (Å²) in [6.45, 7) is 2.48. The van der Waals surface area contributed by atoms with Gasteiger partial charge in [-0.05, 0) is 67.1 Å². The highest BCUT2D eigenvalue weighted by molar-refractivity contribution is 7.23. The number of hydrogen-bond acceptors (Lipinski definition) is 9. The molecule has 37 heavy (non-hydrogen) atoms. The Balaban J connectivity index is 1.54. The molecule has 0 bridgehead atoms. The van der Waals surface area contributed by atoms with Gasteiger partial charge in [-0.1, -0.05) is 11.3 Å². The molecule has 0 radical (unpaired) electrons. The fourth-order valence-corrected chi connectivity index (χ4v) is 5.51. The molecule has 0 fully saturated rings. The van der Waals surface area contributed by atoms with Crippen molar-refractivity contribution in [1.82, 2.24) is 4.98 Å². The van der Waals surface area contributed by atoms with Crippen molar-refractivity contribution in [2.75, 3.05) is 18.7 Å². The number of nitrogens with zero attached hydrogens (tertiary/aromatic N) is 4. The Labute approximate surface area is 219 Å². The Morgan fingerprint density at radius 1 is 1.05 bits per heavy atom. The van der Waals surface area contributed by atoms with E-state index in [1.165, 1.54) is 39.8 Å². The summed E-state index contributed by atoms with van der Waals surface area (Å²) in [5.74, 6) is 1.04. The van der Waals surface area contributed by atoms with Gasteiger partial charge in [0.1, 0.15) is 11.5 Å². The molecule has 0 aliphatic carbocycles. The third-order valence-corrected chi connectivity index (χ3v) is 7.49. The Morgan fingerprint density at radius 3 is 2.57 bits per heavy atom. The molecule has 5 aromatic rings. The largest absolute Gasteiger partial charge is 0.497 e. The SMILES string of the molecule is CCOc1ccc(/C=N/N(C(=O)c2cc3cc([N+](=O)[O-])ccc3s2)c2nc3ccc(OC)cc3s2)cc1. The van der Waals surface area contributed by atoms with E-state index in [9.17, 15) is 14.9 Å². The zero-order chi connectivity index (χ0) is 25.9. The molecule has 0 atom stereocenters. The first-order valence-electron chi connectivity index (χ1n) is 11.2. The molecule has 9 nitrogen and oxygen atoms in total. The van der Waals surface area contributed by atoms with Crippen LogP contribution in [0.15, 0.2) is 71.8 Å². The van der Waals surface area contributed by atoms with E-state index >= 15 is 0 Å².